The molecule has 0 saturated heterocycles. The molecule has 0 aliphatic rings. The highest BCUT2D eigenvalue weighted by atomic mass is 16.5. The van der Waals surface area contributed by atoms with Gasteiger partial charge in [0, 0.05) is 18.4 Å². The van der Waals surface area contributed by atoms with Crippen LogP contribution in [0.4, 0.5) is 0 Å². The second-order valence-corrected chi connectivity index (χ2v) is 5.55. The maximum absolute atomic E-state index is 12.7. The van der Waals surface area contributed by atoms with Gasteiger partial charge in [-0.1, -0.05) is 5.16 Å². The van der Waals surface area contributed by atoms with Crippen molar-refractivity contribution in [1.29, 1.82) is 0 Å². The van der Waals surface area contributed by atoms with Gasteiger partial charge in [0.05, 0.1) is 28.4 Å². The lowest BCUT2D eigenvalue weighted by molar-refractivity contribution is 0.0940. The van der Waals surface area contributed by atoms with Crippen LogP contribution in [0.3, 0.4) is 0 Å². The van der Waals surface area contributed by atoms with Gasteiger partial charge in [-0.05, 0) is 39.8 Å². The summed E-state index contributed by atoms with van der Waals surface area (Å²) in [5.41, 5.74) is 3.09. The Kier molecular flexibility index (Phi) is 3.85. The summed E-state index contributed by atoms with van der Waals surface area (Å²) in [6.07, 6.45) is 1.90. The smallest absolute Gasteiger partial charge is 0.258 e. The van der Waals surface area contributed by atoms with Crippen molar-refractivity contribution in [3.63, 3.8) is 0 Å². The van der Waals surface area contributed by atoms with E-state index in [1.165, 1.54) is 0 Å². The highest BCUT2D eigenvalue weighted by Gasteiger charge is 2.20. The van der Waals surface area contributed by atoms with Gasteiger partial charge in [-0.15, -0.1) is 0 Å². The maximum atomic E-state index is 12.7. The summed E-state index contributed by atoms with van der Waals surface area (Å²) in [7, 11) is 0. The first-order chi connectivity index (χ1) is 11.0. The number of fused-ring (bicyclic) bond motifs is 1. The third kappa shape index (κ3) is 2.81. The van der Waals surface area contributed by atoms with E-state index in [9.17, 15) is 4.79 Å². The SMILES string of the molecule is CCn1ccc(C(C)NC(=O)c2cc(C)nc3onc(C)c23)n1. The normalized spacial score (nSPS) is 12.5. The number of carbonyl (C=O) groups excluding carboxylic acids is 1. The van der Waals surface area contributed by atoms with Crippen molar-refractivity contribution < 1.29 is 9.32 Å². The zero-order valence-electron chi connectivity index (χ0n) is 13.6. The highest BCUT2D eigenvalue weighted by Crippen LogP contribution is 2.22. The first-order valence-electron chi connectivity index (χ1n) is 7.57. The lowest BCUT2D eigenvalue weighted by Crippen LogP contribution is -2.27. The van der Waals surface area contributed by atoms with Crippen molar-refractivity contribution in [2.24, 2.45) is 0 Å². The minimum absolute atomic E-state index is 0.189. The first kappa shape index (κ1) is 15.2. The summed E-state index contributed by atoms with van der Waals surface area (Å²) in [5, 5.41) is 11.9. The van der Waals surface area contributed by atoms with E-state index in [4.69, 9.17) is 4.52 Å². The molecule has 1 amide bonds. The Balaban J connectivity index is 1.90. The molecule has 7 heteroatoms. The number of amides is 1. The highest BCUT2D eigenvalue weighted by molar-refractivity contribution is 6.06. The number of nitrogens with zero attached hydrogens (tertiary/aromatic N) is 4. The van der Waals surface area contributed by atoms with Gasteiger partial charge in [0.1, 0.15) is 0 Å². The summed E-state index contributed by atoms with van der Waals surface area (Å²) in [6, 6.07) is 3.46. The molecule has 3 aromatic heterocycles. The lowest BCUT2D eigenvalue weighted by atomic mass is 10.1. The predicted octanol–water partition coefficient (Wildman–Crippen LogP) is 2.55. The standard InChI is InChI=1S/C16H19N5O2/c1-5-21-7-6-13(19-21)10(3)18-15(22)12-8-9(2)17-16-14(12)11(4)20-23-16/h6-8,10H,5H2,1-4H3,(H,18,22). The van der Waals surface area contributed by atoms with Gasteiger partial charge in [0.15, 0.2) is 0 Å². The summed E-state index contributed by atoms with van der Waals surface area (Å²) < 4.78 is 7.00. The van der Waals surface area contributed by atoms with E-state index in [1.807, 2.05) is 37.7 Å². The van der Waals surface area contributed by atoms with Gasteiger partial charge in [0.2, 0.25) is 0 Å². The molecule has 120 valence electrons. The van der Waals surface area contributed by atoms with Crippen LogP contribution >= 0.6 is 0 Å². The number of nitrogens with one attached hydrogen (secondary N) is 1. The summed E-state index contributed by atoms with van der Waals surface area (Å²) in [6.45, 7) is 8.34. The van der Waals surface area contributed by atoms with Gasteiger partial charge in [-0.2, -0.15) is 5.10 Å². The minimum Gasteiger partial charge on any atom is -0.344 e. The summed E-state index contributed by atoms with van der Waals surface area (Å²) in [5.74, 6) is -0.189. The molecule has 3 heterocycles. The van der Waals surface area contributed by atoms with Crippen molar-refractivity contribution in [3.8, 4) is 0 Å². The minimum atomic E-state index is -0.195. The van der Waals surface area contributed by atoms with Crippen molar-refractivity contribution in [1.82, 2.24) is 25.2 Å². The largest absolute Gasteiger partial charge is 0.344 e. The fraction of sp³-hybridized carbons (Fsp3) is 0.375. The van der Waals surface area contributed by atoms with Gasteiger partial charge in [0.25, 0.3) is 11.6 Å². The second kappa shape index (κ2) is 5.83. The van der Waals surface area contributed by atoms with Gasteiger partial charge in [-0.25, -0.2) is 4.98 Å². The van der Waals surface area contributed by atoms with Gasteiger partial charge < -0.3 is 9.84 Å². The molecule has 1 unspecified atom stereocenters. The Bertz CT molecular complexity index is 865. The number of aromatic nitrogens is 4. The van der Waals surface area contributed by atoms with Gasteiger partial charge >= 0.3 is 0 Å². The molecule has 0 saturated carbocycles. The molecule has 0 aliphatic carbocycles. The van der Waals surface area contributed by atoms with Crippen LogP contribution in [0, 0.1) is 13.8 Å². The van der Waals surface area contributed by atoms with Crippen molar-refractivity contribution in [2.75, 3.05) is 0 Å². The van der Waals surface area contributed by atoms with Crippen LogP contribution in [-0.2, 0) is 6.54 Å². The van der Waals surface area contributed by atoms with Crippen LogP contribution in [-0.4, -0.2) is 25.8 Å². The van der Waals surface area contributed by atoms with Crippen LogP contribution < -0.4 is 5.32 Å². The van der Waals surface area contributed by atoms with Gasteiger partial charge in [-0.3, -0.25) is 9.48 Å². The molecule has 1 atom stereocenters. The molecular weight excluding hydrogens is 294 g/mol. The fourth-order valence-corrected chi connectivity index (χ4v) is 2.53. The Morgan fingerprint density at radius 1 is 1.43 bits per heavy atom. The zero-order chi connectivity index (χ0) is 16.6. The van der Waals surface area contributed by atoms with E-state index in [-0.39, 0.29) is 11.9 Å². The predicted molar refractivity (Wildman–Crippen MR) is 85.1 cm³/mol. The van der Waals surface area contributed by atoms with Crippen LogP contribution in [0.1, 0.15) is 47.3 Å². The van der Waals surface area contributed by atoms with E-state index < -0.39 is 0 Å². The van der Waals surface area contributed by atoms with Crippen molar-refractivity contribution in [3.05, 3.63) is 41.0 Å². The molecule has 0 fully saturated rings. The van der Waals surface area contributed by atoms with Crippen LogP contribution in [0.15, 0.2) is 22.9 Å². The van der Waals surface area contributed by atoms with E-state index in [2.05, 4.69) is 20.6 Å². The molecule has 7 nitrogen and oxygen atoms in total. The average molecular weight is 313 g/mol. The third-order valence-corrected chi connectivity index (χ3v) is 3.77. The molecule has 0 aromatic carbocycles. The fourth-order valence-electron chi connectivity index (χ4n) is 2.53. The Labute approximate surface area is 133 Å². The number of hydrogen-bond donors (Lipinski definition) is 1. The van der Waals surface area contributed by atoms with Crippen LogP contribution in [0.2, 0.25) is 0 Å². The second-order valence-electron chi connectivity index (χ2n) is 5.55. The molecule has 23 heavy (non-hydrogen) atoms. The lowest BCUT2D eigenvalue weighted by Gasteiger charge is -2.12. The molecule has 1 N–H and O–H groups in total. The Hall–Kier alpha value is -2.70. The quantitative estimate of drug-likeness (QED) is 0.800. The molecule has 0 radical (unpaired) electrons. The van der Waals surface area contributed by atoms with Crippen molar-refractivity contribution >= 4 is 17.0 Å². The molecule has 3 rings (SSSR count). The van der Waals surface area contributed by atoms with E-state index in [1.54, 1.807) is 13.0 Å². The molecule has 0 bridgehead atoms. The molecule has 0 spiro atoms. The van der Waals surface area contributed by atoms with E-state index in [0.29, 0.717) is 28.1 Å². The number of aryl methyl sites for hydroxylation is 3. The average Bonchev–Trinajstić information content (AvgIpc) is 3.13. The zero-order valence-corrected chi connectivity index (χ0v) is 13.6. The first-order valence-corrected chi connectivity index (χ1v) is 7.57. The summed E-state index contributed by atoms with van der Waals surface area (Å²) in [4.78, 5) is 16.9. The molecule has 3 aromatic rings. The molecular formula is C16H19N5O2. The number of carbonyl (C=O) groups is 1. The number of hydrogen-bond acceptors (Lipinski definition) is 5. The summed E-state index contributed by atoms with van der Waals surface area (Å²) >= 11 is 0. The molecule has 0 aliphatic heterocycles. The van der Waals surface area contributed by atoms with E-state index in [0.717, 1.165) is 12.2 Å². The topological polar surface area (TPSA) is 85.8 Å². The number of rotatable bonds is 4. The number of pyridine rings is 1. The van der Waals surface area contributed by atoms with Crippen LogP contribution in [0.25, 0.3) is 11.1 Å². The van der Waals surface area contributed by atoms with E-state index >= 15 is 0 Å². The Morgan fingerprint density at radius 2 is 2.22 bits per heavy atom. The Morgan fingerprint density at radius 3 is 2.91 bits per heavy atom. The monoisotopic (exact) mass is 313 g/mol. The van der Waals surface area contributed by atoms with Crippen LogP contribution in [0.5, 0.6) is 0 Å². The third-order valence-electron chi connectivity index (χ3n) is 3.77. The van der Waals surface area contributed by atoms with Crippen molar-refractivity contribution in [2.45, 2.75) is 40.3 Å². The maximum Gasteiger partial charge on any atom is 0.258 e.